The number of anilines is 2. The molecule has 6 nitrogen and oxygen atoms in total. The highest BCUT2D eigenvalue weighted by Crippen LogP contribution is 2.27. The molecule has 0 saturated carbocycles. The summed E-state index contributed by atoms with van der Waals surface area (Å²) in [5.41, 5.74) is 3.45. The van der Waals surface area contributed by atoms with Gasteiger partial charge in [0.15, 0.2) is 0 Å². The van der Waals surface area contributed by atoms with Gasteiger partial charge in [0.1, 0.15) is 11.5 Å². The van der Waals surface area contributed by atoms with Gasteiger partial charge in [0, 0.05) is 27.4 Å². The van der Waals surface area contributed by atoms with Crippen LogP contribution in [0.4, 0.5) is 15.8 Å². The van der Waals surface area contributed by atoms with Crippen LogP contribution < -0.4 is 16.0 Å². The smallest absolute Gasteiger partial charge is 0.272 e. The fraction of sp³-hybridized carbons (Fsp3) is 0.121. The van der Waals surface area contributed by atoms with Crippen LogP contribution in [0.2, 0.25) is 5.02 Å². The number of thioether (sulfide) groups is 1. The first-order valence-corrected chi connectivity index (χ1v) is 14.4. The van der Waals surface area contributed by atoms with Crippen molar-refractivity contribution >= 4 is 58.5 Å². The highest BCUT2D eigenvalue weighted by atomic mass is 35.5. The Morgan fingerprint density at radius 1 is 0.857 bits per heavy atom. The van der Waals surface area contributed by atoms with E-state index in [1.807, 2.05) is 39.0 Å². The van der Waals surface area contributed by atoms with Crippen molar-refractivity contribution in [2.45, 2.75) is 30.9 Å². The average Bonchev–Trinajstić information content (AvgIpc) is 2.98. The first-order valence-electron chi connectivity index (χ1n) is 13.1. The zero-order valence-corrected chi connectivity index (χ0v) is 24.8. The van der Waals surface area contributed by atoms with Gasteiger partial charge in [0.25, 0.3) is 11.8 Å². The van der Waals surface area contributed by atoms with Crippen molar-refractivity contribution in [3.05, 3.63) is 130 Å². The maximum absolute atomic E-state index is 14.5. The van der Waals surface area contributed by atoms with Crippen molar-refractivity contribution in [3.8, 4) is 0 Å². The monoisotopic (exact) mass is 601 g/mol. The molecule has 0 aliphatic heterocycles. The Hall–Kier alpha value is -4.40. The molecule has 0 spiro atoms. The van der Waals surface area contributed by atoms with Gasteiger partial charge < -0.3 is 16.0 Å². The van der Waals surface area contributed by atoms with Crippen LogP contribution in [0.3, 0.4) is 0 Å². The third-order valence-corrected chi connectivity index (χ3v) is 7.92. The SMILES string of the molecule is Cc1cccc(NC(=O)C(C)Sc2ccc(NC(=O)/C(=C/c3c(F)cccc3Cl)NC(=O)c3ccccc3)cc2)c1C. The molecular weight excluding hydrogens is 573 g/mol. The molecule has 0 saturated heterocycles. The van der Waals surface area contributed by atoms with Crippen molar-refractivity contribution in [3.63, 3.8) is 0 Å². The van der Waals surface area contributed by atoms with Gasteiger partial charge in [-0.05, 0) is 92.6 Å². The number of hydrogen-bond donors (Lipinski definition) is 3. The molecule has 0 aromatic heterocycles. The number of halogens is 2. The second kappa shape index (κ2) is 14.0. The van der Waals surface area contributed by atoms with Gasteiger partial charge in [0.05, 0.1) is 10.3 Å². The Morgan fingerprint density at radius 2 is 1.55 bits per heavy atom. The van der Waals surface area contributed by atoms with Crippen LogP contribution in [-0.4, -0.2) is 23.0 Å². The molecule has 0 fully saturated rings. The van der Waals surface area contributed by atoms with Crippen molar-refractivity contribution in [2.24, 2.45) is 0 Å². The summed E-state index contributed by atoms with van der Waals surface area (Å²) in [6.45, 7) is 5.78. The quantitative estimate of drug-likeness (QED) is 0.136. The summed E-state index contributed by atoms with van der Waals surface area (Å²) in [5.74, 6) is -1.97. The van der Waals surface area contributed by atoms with Crippen LogP contribution in [0.25, 0.3) is 6.08 Å². The molecule has 0 bridgehead atoms. The van der Waals surface area contributed by atoms with E-state index in [2.05, 4.69) is 16.0 Å². The van der Waals surface area contributed by atoms with E-state index >= 15 is 0 Å². The number of benzene rings is 4. The maximum atomic E-state index is 14.5. The molecule has 4 aromatic carbocycles. The lowest BCUT2D eigenvalue weighted by atomic mass is 10.1. The summed E-state index contributed by atoms with van der Waals surface area (Å²) in [7, 11) is 0. The minimum atomic E-state index is -0.666. The molecule has 214 valence electrons. The van der Waals surface area contributed by atoms with Gasteiger partial charge in [-0.2, -0.15) is 0 Å². The van der Waals surface area contributed by atoms with E-state index in [1.54, 1.807) is 54.6 Å². The fourth-order valence-corrected chi connectivity index (χ4v) is 5.01. The van der Waals surface area contributed by atoms with E-state index in [0.717, 1.165) is 21.7 Å². The molecule has 9 heteroatoms. The molecular formula is C33H29ClFN3O3S. The molecule has 0 aliphatic carbocycles. The van der Waals surface area contributed by atoms with E-state index in [9.17, 15) is 18.8 Å². The van der Waals surface area contributed by atoms with Gasteiger partial charge in [-0.25, -0.2) is 4.39 Å². The maximum Gasteiger partial charge on any atom is 0.272 e. The van der Waals surface area contributed by atoms with Crippen molar-refractivity contribution < 1.29 is 18.8 Å². The van der Waals surface area contributed by atoms with Crippen LogP contribution in [0.15, 0.2) is 102 Å². The van der Waals surface area contributed by atoms with Gasteiger partial charge in [-0.3, -0.25) is 14.4 Å². The summed E-state index contributed by atoms with van der Waals surface area (Å²) in [4.78, 5) is 39.7. The lowest BCUT2D eigenvalue weighted by Gasteiger charge is -2.15. The number of carbonyl (C=O) groups is 3. The van der Waals surface area contributed by atoms with Crippen LogP contribution in [0.1, 0.15) is 34.0 Å². The van der Waals surface area contributed by atoms with Gasteiger partial charge in [-0.15, -0.1) is 11.8 Å². The molecule has 0 radical (unpaired) electrons. The molecule has 4 aromatic rings. The predicted octanol–water partition coefficient (Wildman–Crippen LogP) is 7.62. The number of hydrogen-bond acceptors (Lipinski definition) is 4. The predicted molar refractivity (Wildman–Crippen MR) is 168 cm³/mol. The Labute approximate surface area is 253 Å². The third-order valence-electron chi connectivity index (χ3n) is 6.47. The molecule has 0 aliphatic rings. The highest BCUT2D eigenvalue weighted by Gasteiger charge is 2.18. The van der Waals surface area contributed by atoms with Crippen LogP contribution in [0.5, 0.6) is 0 Å². The Morgan fingerprint density at radius 3 is 2.24 bits per heavy atom. The van der Waals surface area contributed by atoms with Crippen LogP contribution in [-0.2, 0) is 9.59 Å². The summed E-state index contributed by atoms with van der Waals surface area (Å²) >= 11 is 7.55. The standard InChI is InChI=1S/C33H29ClFN3O3S/c1-20-9-7-14-29(21(20)2)37-31(39)22(3)42-25-17-15-24(16-18-25)36-33(41)30(19-26-27(34)12-8-13-28(26)35)38-32(40)23-10-5-4-6-11-23/h4-19,22H,1-3H3,(H,36,41)(H,37,39)(H,38,40)/b30-19-. The average molecular weight is 602 g/mol. The first-order chi connectivity index (χ1) is 20.1. The van der Waals surface area contributed by atoms with Crippen LogP contribution >= 0.6 is 23.4 Å². The van der Waals surface area contributed by atoms with Crippen molar-refractivity contribution in [2.75, 3.05) is 10.6 Å². The lowest BCUT2D eigenvalue weighted by molar-refractivity contribution is -0.115. The van der Waals surface area contributed by atoms with Gasteiger partial charge in [0.2, 0.25) is 5.91 Å². The molecule has 3 N–H and O–H groups in total. The van der Waals surface area contributed by atoms with Crippen molar-refractivity contribution in [1.82, 2.24) is 5.32 Å². The molecule has 0 heterocycles. The largest absolute Gasteiger partial charge is 0.325 e. The first kappa shape index (κ1) is 30.6. The van der Waals surface area contributed by atoms with E-state index in [1.165, 1.54) is 36.0 Å². The number of amides is 3. The second-order valence-corrected chi connectivity index (χ2v) is 11.3. The minimum absolute atomic E-state index is 0.0300. The highest BCUT2D eigenvalue weighted by molar-refractivity contribution is 8.00. The number of carbonyl (C=O) groups excluding carboxylic acids is 3. The molecule has 1 atom stereocenters. The minimum Gasteiger partial charge on any atom is -0.325 e. The topological polar surface area (TPSA) is 87.3 Å². The summed E-state index contributed by atoms with van der Waals surface area (Å²) in [6, 6.07) is 25.2. The van der Waals surface area contributed by atoms with E-state index in [-0.39, 0.29) is 27.4 Å². The van der Waals surface area contributed by atoms with Crippen molar-refractivity contribution in [1.29, 1.82) is 0 Å². The Bertz CT molecular complexity index is 1620. The zero-order valence-electron chi connectivity index (χ0n) is 23.2. The summed E-state index contributed by atoms with van der Waals surface area (Å²) < 4.78 is 14.5. The normalized spacial score (nSPS) is 11.9. The molecule has 3 amide bonds. The second-order valence-electron chi connectivity index (χ2n) is 9.49. The Balaban J connectivity index is 1.46. The van der Waals surface area contributed by atoms with E-state index in [4.69, 9.17) is 11.6 Å². The van der Waals surface area contributed by atoms with Gasteiger partial charge >= 0.3 is 0 Å². The van der Waals surface area contributed by atoms with Crippen LogP contribution in [0, 0.1) is 19.7 Å². The fourth-order valence-electron chi connectivity index (χ4n) is 3.93. The summed E-state index contributed by atoms with van der Waals surface area (Å²) in [6.07, 6.45) is 1.20. The molecule has 4 rings (SSSR count). The summed E-state index contributed by atoms with van der Waals surface area (Å²) in [5, 5.41) is 7.99. The van der Waals surface area contributed by atoms with E-state index < -0.39 is 17.6 Å². The third kappa shape index (κ3) is 7.87. The lowest BCUT2D eigenvalue weighted by Crippen LogP contribution is -2.30. The number of rotatable bonds is 9. The van der Waals surface area contributed by atoms with Gasteiger partial charge in [-0.1, -0.05) is 48.0 Å². The Kier molecular flexibility index (Phi) is 10.2. The molecule has 42 heavy (non-hydrogen) atoms. The number of aryl methyl sites for hydroxylation is 1. The van der Waals surface area contributed by atoms with E-state index in [0.29, 0.717) is 11.3 Å². The number of nitrogens with one attached hydrogen (secondary N) is 3. The molecule has 1 unspecified atom stereocenters. The zero-order chi connectivity index (χ0) is 30.2.